The minimum absolute atomic E-state index is 0. The van der Waals surface area contributed by atoms with Crippen molar-refractivity contribution in [3.63, 3.8) is 0 Å². The normalized spacial score (nSPS) is 10.8. The van der Waals surface area contributed by atoms with Crippen LogP contribution < -0.4 is 0 Å². The van der Waals surface area contributed by atoms with Crippen LogP contribution in [0.4, 0.5) is 0 Å². The van der Waals surface area contributed by atoms with E-state index in [1.165, 1.54) is 0 Å². The topological polar surface area (TPSA) is 0 Å². The molecule has 0 amide bonds. The van der Waals surface area contributed by atoms with Crippen LogP contribution in [0.15, 0.2) is 49.6 Å². The molecule has 0 spiro atoms. The van der Waals surface area contributed by atoms with Gasteiger partial charge in [-0.3, -0.25) is 0 Å². The van der Waals surface area contributed by atoms with Crippen molar-refractivity contribution in [2.75, 3.05) is 0 Å². The maximum absolute atomic E-state index is 3.36. The van der Waals surface area contributed by atoms with Gasteiger partial charge < -0.3 is 0 Å². The summed E-state index contributed by atoms with van der Waals surface area (Å²) in [5.74, 6) is 0. The van der Waals surface area contributed by atoms with Crippen molar-refractivity contribution in [3.05, 3.63) is 49.6 Å². The summed E-state index contributed by atoms with van der Waals surface area (Å²) in [4.78, 5) is 0. The first kappa shape index (κ1) is 12.3. The molecular weight excluding hydrogens is 300 g/mol. The average Bonchev–Trinajstić information content (AvgIpc) is 2.43. The summed E-state index contributed by atoms with van der Waals surface area (Å²) < 4.78 is 0. The van der Waals surface area contributed by atoms with Crippen LogP contribution >= 0.6 is 0 Å². The molecule has 1 aliphatic carbocycles. The third kappa shape index (κ3) is 10.6. The van der Waals surface area contributed by atoms with Crippen LogP contribution in [0.1, 0.15) is 6.42 Å². The van der Waals surface area contributed by atoms with Crippen molar-refractivity contribution >= 4 is 0 Å². The Morgan fingerprint density at radius 1 is 1.00 bits per heavy atom. The fourth-order valence-corrected chi connectivity index (χ4v) is 0.393. The van der Waals surface area contributed by atoms with Crippen molar-refractivity contribution in [1.82, 2.24) is 0 Å². The zero-order chi connectivity index (χ0) is 6.95. The molecular formula is C9H12Ir+3. The Hall–Kier alpha value is -0.391. The molecule has 0 radical (unpaired) electrons. The smallest absolute Gasteiger partial charge is 0.0991 e. The van der Waals surface area contributed by atoms with Crippen LogP contribution in [0.5, 0.6) is 0 Å². The van der Waals surface area contributed by atoms with Gasteiger partial charge >= 0.3 is 20.1 Å². The zero-order valence-electron chi connectivity index (χ0n) is 5.92. The maximum Gasteiger partial charge on any atom is 3.00 e. The fraction of sp³-hybridized carbons (Fsp3) is 0.111. The Balaban J connectivity index is 0. The van der Waals surface area contributed by atoms with E-state index in [1.807, 2.05) is 0 Å². The maximum atomic E-state index is 3.36. The van der Waals surface area contributed by atoms with Gasteiger partial charge in [0.1, 0.15) is 0 Å². The van der Waals surface area contributed by atoms with E-state index in [1.54, 1.807) is 12.2 Å². The number of rotatable bonds is 1. The molecule has 1 aliphatic rings. The first-order valence-corrected chi connectivity index (χ1v) is 2.97. The van der Waals surface area contributed by atoms with Crippen molar-refractivity contribution in [1.29, 1.82) is 0 Å². The Bertz CT molecular complexity index is 116. The molecule has 0 heterocycles. The Labute approximate surface area is 76.4 Å². The molecule has 54 valence electrons. The standard InChI is InChI=1S/C5H6.C4H6.Ir/c1-2-4-5-3-1;1-3-4-2;/h1-4H,5H2;3-4H,1-2H2;/q;;+3. The molecule has 0 aromatic heterocycles. The summed E-state index contributed by atoms with van der Waals surface area (Å²) >= 11 is 0. The van der Waals surface area contributed by atoms with Gasteiger partial charge in [0.25, 0.3) is 0 Å². The molecule has 1 heteroatoms. The first-order chi connectivity index (χ1) is 4.41. The fourth-order valence-electron chi connectivity index (χ4n) is 0.393. The van der Waals surface area contributed by atoms with Crippen LogP contribution in [0.25, 0.3) is 0 Å². The Morgan fingerprint density at radius 3 is 1.50 bits per heavy atom. The van der Waals surface area contributed by atoms with E-state index in [0.717, 1.165) is 6.42 Å². The van der Waals surface area contributed by atoms with E-state index < -0.39 is 0 Å². The van der Waals surface area contributed by atoms with Crippen LogP contribution in [0, 0.1) is 0 Å². The summed E-state index contributed by atoms with van der Waals surface area (Å²) in [6.45, 7) is 6.72. The molecule has 0 aliphatic heterocycles. The molecule has 0 unspecified atom stereocenters. The largest absolute Gasteiger partial charge is 3.00 e. The Morgan fingerprint density at radius 2 is 1.40 bits per heavy atom. The monoisotopic (exact) mass is 313 g/mol. The SMILES string of the molecule is C1=CCC=C1.C=CC=C.[Ir+3]. The first-order valence-electron chi connectivity index (χ1n) is 2.97. The van der Waals surface area contributed by atoms with Gasteiger partial charge in [-0.1, -0.05) is 49.6 Å². The number of allylic oxidation sites excluding steroid dienone is 6. The van der Waals surface area contributed by atoms with E-state index >= 15 is 0 Å². The molecule has 1 rings (SSSR count). The predicted molar refractivity (Wildman–Crippen MR) is 43.3 cm³/mol. The van der Waals surface area contributed by atoms with E-state index in [-0.39, 0.29) is 20.1 Å². The molecule has 0 nitrogen and oxygen atoms in total. The van der Waals surface area contributed by atoms with Crippen molar-refractivity contribution in [2.45, 2.75) is 6.42 Å². The quantitative estimate of drug-likeness (QED) is 0.653. The van der Waals surface area contributed by atoms with E-state index in [4.69, 9.17) is 0 Å². The second-order valence-corrected chi connectivity index (χ2v) is 1.56. The van der Waals surface area contributed by atoms with Crippen molar-refractivity contribution < 1.29 is 20.1 Å². The zero-order valence-corrected chi connectivity index (χ0v) is 8.31. The second-order valence-electron chi connectivity index (χ2n) is 1.56. The third-order valence-corrected chi connectivity index (χ3v) is 0.822. The summed E-state index contributed by atoms with van der Waals surface area (Å²) in [6, 6.07) is 0. The summed E-state index contributed by atoms with van der Waals surface area (Å²) in [6.07, 6.45) is 12.8. The molecule has 10 heavy (non-hydrogen) atoms. The van der Waals surface area contributed by atoms with Crippen LogP contribution in [0.3, 0.4) is 0 Å². The molecule has 0 fully saturated rings. The second kappa shape index (κ2) is 11.4. The van der Waals surface area contributed by atoms with Gasteiger partial charge in [0.15, 0.2) is 0 Å². The van der Waals surface area contributed by atoms with E-state index in [2.05, 4.69) is 37.5 Å². The minimum atomic E-state index is 0. The summed E-state index contributed by atoms with van der Waals surface area (Å²) in [7, 11) is 0. The molecule has 0 N–H and O–H groups in total. The van der Waals surface area contributed by atoms with Crippen LogP contribution in [-0.2, 0) is 20.1 Å². The third-order valence-electron chi connectivity index (χ3n) is 0.822. The van der Waals surface area contributed by atoms with Gasteiger partial charge in [0, 0.05) is 0 Å². The van der Waals surface area contributed by atoms with Crippen LogP contribution in [-0.4, -0.2) is 0 Å². The van der Waals surface area contributed by atoms with Crippen LogP contribution in [0.2, 0.25) is 0 Å². The van der Waals surface area contributed by atoms with Crippen molar-refractivity contribution in [3.8, 4) is 0 Å². The number of hydrogen-bond donors (Lipinski definition) is 0. The molecule has 0 aromatic rings. The Kier molecular flexibility index (Phi) is 14.0. The summed E-state index contributed by atoms with van der Waals surface area (Å²) in [5, 5.41) is 0. The van der Waals surface area contributed by atoms with Crippen molar-refractivity contribution in [2.24, 2.45) is 0 Å². The van der Waals surface area contributed by atoms with E-state index in [9.17, 15) is 0 Å². The van der Waals surface area contributed by atoms with Gasteiger partial charge in [0.2, 0.25) is 0 Å². The predicted octanol–water partition coefficient (Wildman–Crippen LogP) is 2.86. The number of hydrogen-bond acceptors (Lipinski definition) is 0. The van der Waals surface area contributed by atoms with Gasteiger partial charge in [-0.25, -0.2) is 0 Å². The summed E-state index contributed by atoms with van der Waals surface area (Å²) in [5.41, 5.74) is 0. The average molecular weight is 312 g/mol. The van der Waals surface area contributed by atoms with Gasteiger partial charge in [-0.15, -0.1) is 0 Å². The minimum Gasteiger partial charge on any atom is -0.0991 e. The van der Waals surface area contributed by atoms with Gasteiger partial charge in [-0.05, 0) is 6.42 Å². The molecule has 0 bridgehead atoms. The van der Waals surface area contributed by atoms with Gasteiger partial charge in [-0.2, -0.15) is 0 Å². The molecule has 0 saturated heterocycles. The molecule has 0 atom stereocenters. The van der Waals surface area contributed by atoms with E-state index in [0.29, 0.717) is 0 Å². The van der Waals surface area contributed by atoms with Gasteiger partial charge in [0.05, 0.1) is 0 Å². The molecule has 0 aromatic carbocycles. The molecule has 0 saturated carbocycles.